The van der Waals surface area contributed by atoms with Gasteiger partial charge in [-0.3, -0.25) is 0 Å². The standard InChI is InChI=1S/C12H19NO2S/c1-3-15-11-4-5-12(14)10(8-11)9-13-6-7-16-2/h4-5,8,13-14H,3,6-7,9H2,1-2H3. The lowest BCUT2D eigenvalue weighted by Crippen LogP contribution is -2.16. The van der Waals surface area contributed by atoms with Crippen molar-refractivity contribution < 1.29 is 9.84 Å². The van der Waals surface area contributed by atoms with Crippen LogP contribution in [0.5, 0.6) is 11.5 Å². The molecule has 0 amide bonds. The molecular formula is C12H19NO2S. The summed E-state index contributed by atoms with van der Waals surface area (Å²) in [6.07, 6.45) is 2.08. The molecule has 0 aliphatic rings. The minimum atomic E-state index is 0.320. The van der Waals surface area contributed by atoms with Crippen molar-refractivity contribution in [2.75, 3.05) is 25.2 Å². The lowest BCUT2D eigenvalue weighted by Gasteiger charge is -2.09. The Morgan fingerprint density at radius 1 is 1.44 bits per heavy atom. The van der Waals surface area contributed by atoms with Crippen molar-refractivity contribution in [3.05, 3.63) is 23.8 Å². The fraction of sp³-hybridized carbons (Fsp3) is 0.500. The van der Waals surface area contributed by atoms with E-state index in [4.69, 9.17) is 4.74 Å². The van der Waals surface area contributed by atoms with Crippen LogP contribution in [-0.2, 0) is 6.54 Å². The van der Waals surface area contributed by atoms with Gasteiger partial charge in [-0.25, -0.2) is 0 Å². The first kappa shape index (κ1) is 13.2. The highest BCUT2D eigenvalue weighted by Gasteiger charge is 2.02. The molecule has 0 atom stereocenters. The first-order chi connectivity index (χ1) is 7.77. The van der Waals surface area contributed by atoms with E-state index in [-0.39, 0.29) is 0 Å². The van der Waals surface area contributed by atoms with Crippen LogP contribution >= 0.6 is 11.8 Å². The minimum Gasteiger partial charge on any atom is -0.508 e. The molecule has 0 unspecified atom stereocenters. The molecule has 1 aromatic rings. The fourth-order valence-corrected chi connectivity index (χ4v) is 1.71. The van der Waals surface area contributed by atoms with Crippen LogP contribution in [0.2, 0.25) is 0 Å². The van der Waals surface area contributed by atoms with Crippen molar-refractivity contribution in [1.29, 1.82) is 0 Å². The van der Waals surface area contributed by atoms with Gasteiger partial charge in [-0.1, -0.05) is 0 Å². The zero-order valence-corrected chi connectivity index (χ0v) is 10.6. The van der Waals surface area contributed by atoms with Gasteiger partial charge in [0.15, 0.2) is 0 Å². The van der Waals surface area contributed by atoms with Crippen LogP contribution in [0.15, 0.2) is 18.2 Å². The number of phenolic OH excluding ortho intramolecular Hbond substituents is 1. The van der Waals surface area contributed by atoms with Crippen molar-refractivity contribution in [3.8, 4) is 11.5 Å². The van der Waals surface area contributed by atoms with Crippen LogP contribution < -0.4 is 10.1 Å². The van der Waals surface area contributed by atoms with Gasteiger partial charge in [-0.05, 0) is 31.4 Å². The molecule has 1 aromatic carbocycles. The average molecular weight is 241 g/mol. The van der Waals surface area contributed by atoms with E-state index in [1.54, 1.807) is 23.9 Å². The third kappa shape index (κ3) is 4.33. The van der Waals surface area contributed by atoms with Crippen LogP contribution in [0.1, 0.15) is 12.5 Å². The van der Waals surface area contributed by atoms with E-state index in [2.05, 4.69) is 11.6 Å². The summed E-state index contributed by atoms with van der Waals surface area (Å²) in [7, 11) is 0. The second-order valence-electron chi connectivity index (χ2n) is 3.39. The van der Waals surface area contributed by atoms with Crippen LogP contribution in [0.3, 0.4) is 0 Å². The van der Waals surface area contributed by atoms with E-state index in [0.717, 1.165) is 23.6 Å². The second kappa shape index (κ2) is 7.41. The molecule has 0 aromatic heterocycles. The first-order valence-corrected chi connectivity index (χ1v) is 6.81. The highest BCUT2D eigenvalue weighted by Crippen LogP contribution is 2.22. The minimum absolute atomic E-state index is 0.320. The molecule has 0 heterocycles. The highest BCUT2D eigenvalue weighted by atomic mass is 32.2. The van der Waals surface area contributed by atoms with Gasteiger partial charge in [-0.15, -0.1) is 0 Å². The van der Waals surface area contributed by atoms with E-state index in [9.17, 15) is 5.11 Å². The van der Waals surface area contributed by atoms with Crippen molar-refractivity contribution in [3.63, 3.8) is 0 Å². The summed E-state index contributed by atoms with van der Waals surface area (Å²) in [5.41, 5.74) is 0.882. The zero-order chi connectivity index (χ0) is 11.8. The Bertz CT molecular complexity index is 318. The molecule has 0 saturated heterocycles. The predicted octanol–water partition coefficient (Wildman–Crippen LogP) is 2.24. The van der Waals surface area contributed by atoms with Crippen molar-refractivity contribution in [1.82, 2.24) is 5.32 Å². The number of ether oxygens (including phenoxy) is 1. The van der Waals surface area contributed by atoms with Crippen LogP contribution in [0, 0.1) is 0 Å². The molecule has 0 aliphatic carbocycles. The number of thioether (sulfide) groups is 1. The fourth-order valence-electron chi connectivity index (χ4n) is 1.36. The Hall–Kier alpha value is -0.870. The van der Waals surface area contributed by atoms with Crippen LogP contribution in [-0.4, -0.2) is 30.3 Å². The molecule has 2 N–H and O–H groups in total. The summed E-state index contributed by atoms with van der Waals surface area (Å²) in [6.45, 7) is 4.21. The van der Waals surface area contributed by atoms with Gasteiger partial charge in [0.2, 0.25) is 0 Å². The van der Waals surface area contributed by atoms with E-state index in [0.29, 0.717) is 18.9 Å². The predicted molar refractivity (Wildman–Crippen MR) is 69.4 cm³/mol. The van der Waals surface area contributed by atoms with E-state index in [1.165, 1.54) is 0 Å². The summed E-state index contributed by atoms with van der Waals surface area (Å²) < 4.78 is 5.39. The van der Waals surface area contributed by atoms with Gasteiger partial charge in [0.25, 0.3) is 0 Å². The topological polar surface area (TPSA) is 41.5 Å². The van der Waals surface area contributed by atoms with E-state index in [1.807, 2.05) is 13.0 Å². The van der Waals surface area contributed by atoms with Gasteiger partial charge in [0.1, 0.15) is 11.5 Å². The molecule has 0 fully saturated rings. The summed E-state index contributed by atoms with van der Waals surface area (Å²) >= 11 is 1.80. The van der Waals surface area contributed by atoms with E-state index < -0.39 is 0 Å². The third-order valence-electron chi connectivity index (χ3n) is 2.16. The van der Waals surface area contributed by atoms with Crippen molar-refractivity contribution in [2.45, 2.75) is 13.5 Å². The molecule has 0 saturated carbocycles. The summed E-state index contributed by atoms with van der Waals surface area (Å²) in [4.78, 5) is 0. The molecule has 0 spiro atoms. The molecule has 4 heteroatoms. The lowest BCUT2D eigenvalue weighted by atomic mass is 10.2. The van der Waals surface area contributed by atoms with Gasteiger partial charge in [0, 0.05) is 24.4 Å². The highest BCUT2D eigenvalue weighted by molar-refractivity contribution is 7.98. The Morgan fingerprint density at radius 2 is 2.25 bits per heavy atom. The summed E-state index contributed by atoms with van der Waals surface area (Å²) in [5, 5.41) is 12.9. The average Bonchev–Trinajstić information content (AvgIpc) is 2.29. The lowest BCUT2D eigenvalue weighted by molar-refractivity contribution is 0.338. The molecule has 16 heavy (non-hydrogen) atoms. The Labute approximate surface area is 101 Å². The molecule has 1 rings (SSSR count). The van der Waals surface area contributed by atoms with Crippen LogP contribution in [0.4, 0.5) is 0 Å². The summed E-state index contributed by atoms with van der Waals surface area (Å²) in [6, 6.07) is 5.34. The maximum atomic E-state index is 9.66. The Morgan fingerprint density at radius 3 is 2.94 bits per heavy atom. The molecule has 0 radical (unpaired) electrons. The van der Waals surface area contributed by atoms with Crippen LogP contribution in [0.25, 0.3) is 0 Å². The number of benzene rings is 1. The Balaban J connectivity index is 2.52. The normalized spacial score (nSPS) is 10.4. The number of hydrogen-bond donors (Lipinski definition) is 2. The largest absolute Gasteiger partial charge is 0.508 e. The number of hydrogen-bond acceptors (Lipinski definition) is 4. The molecule has 0 aliphatic heterocycles. The number of nitrogens with one attached hydrogen (secondary N) is 1. The smallest absolute Gasteiger partial charge is 0.120 e. The van der Waals surface area contributed by atoms with Gasteiger partial charge < -0.3 is 15.2 Å². The molecular weight excluding hydrogens is 222 g/mol. The third-order valence-corrected chi connectivity index (χ3v) is 2.77. The van der Waals surface area contributed by atoms with Gasteiger partial charge >= 0.3 is 0 Å². The van der Waals surface area contributed by atoms with Crippen molar-refractivity contribution in [2.24, 2.45) is 0 Å². The van der Waals surface area contributed by atoms with Crippen molar-refractivity contribution >= 4 is 11.8 Å². The number of rotatable bonds is 7. The Kier molecular flexibility index (Phi) is 6.11. The maximum Gasteiger partial charge on any atom is 0.120 e. The monoisotopic (exact) mass is 241 g/mol. The first-order valence-electron chi connectivity index (χ1n) is 5.42. The van der Waals surface area contributed by atoms with Gasteiger partial charge in [0.05, 0.1) is 6.61 Å². The number of aromatic hydroxyl groups is 1. The molecule has 0 bridgehead atoms. The molecule has 90 valence electrons. The summed E-state index contributed by atoms with van der Waals surface area (Å²) in [5.74, 6) is 2.20. The van der Waals surface area contributed by atoms with Gasteiger partial charge in [-0.2, -0.15) is 11.8 Å². The quantitative estimate of drug-likeness (QED) is 0.718. The zero-order valence-electron chi connectivity index (χ0n) is 9.82. The molecule has 3 nitrogen and oxygen atoms in total. The maximum absolute atomic E-state index is 9.66. The SMILES string of the molecule is CCOc1ccc(O)c(CNCCSC)c1. The number of phenols is 1. The second-order valence-corrected chi connectivity index (χ2v) is 4.38. The van der Waals surface area contributed by atoms with E-state index >= 15 is 0 Å².